The molecule has 1 amide bonds. The number of aliphatic hydroxyl groups is 1. The summed E-state index contributed by atoms with van der Waals surface area (Å²) in [6.07, 6.45) is 0.493. The van der Waals surface area contributed by atoms with Gasteiger partial charge in [-0.2, -0.15) is 0 Å². The Labute approximate surface area is 122 Å². The number of aromatic nitrogens is 1. The summed E-state index contributed by atoms with van der Waals surface area (Å²) in [7, 11) is 0. The van der Waals surface area contributed by atoms with Crippen LogP contribution in [0.1, 0.15) is 38.4 Å². The van der Waals surface area contributed by atoms with Gasteiger partial charge in [0.25, 0.3) is 5.91 Å². The number of aliphatic hydroxyl groups excluding tert-OH is 1. The van der Waals surface area contributed by atoms with Crippen molar-refractivity contribution in [2.45, 2.75) is 26.3 Å². The maximum absolute atomic E-state index is 12.3. The minimum absolute atomic E-state index is 0.0283. The van der Waals surface area contributed by atoms with Crippen molar-refractivity contribution in [3.05, 3.63) is 51.5 Å². The standard InChI is InChI=1S/C15H18N2O2S/c1-10-14(20-11(2)16-10)15(19)17-13(8-9-18)12-6-4-3-5-7-12/h3-7,13,18H,8-9H2,1-2H3,(H,17,19). The maximum atomic E-state index is 12.3. The predicted molar refractivity (Wildman–Crippen MR) is 79.9 cm³/mol. The van der Waals surface area contributed by atoms with E-state index in [1.807, 2.05) is 44.2 Å². The van der Waals surface area contributed by atoms with Crippen LogP contribution in [-0.2, 0) is 0 Å². The van der Waals surface area contributed by atoms with Gasteiger partial charge in [-0.1, -0.05) is 30.3 Å². The highest BCUT2D eigenvalue weighted by molar-refractivity contribution is 7.13. The lowest BCUT2D eigenvalue weighted by atomic mass is 10.0. The average Bonchev–Trinajstić information content (AvgIpc) is 2.78. The minimum atomic E-state index is -0.185. The summed E-state index contributed by atoms with van der Waals surface area (Å²) in [5.41, 5.74) is 1.75. The average molecular weight is 290 g/mol. The van der Waals surface area contributed by atoms with Gasteiger partial charge in [0.05, 0.1) is 16.7 Å². The lowest BCUT2D eigenvalue weighted by molar-refractivity contribution is 0.0933. The van der Waals surface area contributed by atoms with Crippen LogP contribution in [0.25, 0.3) is 0 Å². The Bertz CT molecular complexity index is 581. The van der Waals surface area contributed by atoms with Crippen molar-refractivity contribution in [3.63, 3.8) is 0 Å². The molecule has 0 bridgehead atoms. The Morgan fingerprint density at radius 2 is 2.05 bits per heavy atom. The Morgan fingerprint density at radius 3 is 2.60 bits per heavy atom. The van der Waals surface area contributed by atoms with Gasteiger partial charge in [0.15, 0.2) is 0 Å². The third-order valence-electron chi connectivity index (χ3n) is 3.03. The predicted octanol–water partition coefficient (Wildman–Crippen LogP) is 2.61. The van der Waals surface area contributed by atoms with E-state index >= 15 is 0 Å². The summed E-state index contributed by atoms with van der Waals surface area (Å²) < 4.78 is 0. The number of rotatable bonds is 5. The molecular formula is C15H18N2O2S. The fraction of sp³-hybridized carbons (Fsp3) is 0.333. The normalized spacial score (nSPS) is 12.2. The van der Waals surface area contributed by atoms with Crippen LogP contribution in [0.4, 0.5) is 0 Å². The van der Waals surface area contributed by atoms with E-state index in [0.29, 0.717) is 11.3 Å². The number of carbonyl (C=O) groups excluding carboxylic acids is 1. The molecule has 1 atom stereocenters. The molecule has 0 spiro atoms. The molecule has 0 aliphatic rings. The van der Waals surface area contributed by atoms with Gasteiger partial charge in [-0.3, -0.25) is 4.79 Å². The smallest absolute Gasteiger partial charge is 0.263 e. The summed E-state index contributed by atoms with van der Waals surface area (Å²) in [4.78, 5) is 17.2. The summed E-state index contributed by atoms with van der Waals surface area (Å²) >= 11 is 1.39. The van der Waals surface area contributed by atoms with Crippen molar-refractivity contribution in [3.8, 4) is 0 Å². The molecule has 0 radical (unpaired) electrons. The highest BCUT2D eigenvalue weighted by Crippen LogP contribution is 2.21. The van der Waals surface area contributed by atoms with E-state index in [2.05, 4.69) is 10.3 Å². The van der Waals surface area contributed by atoms with Crippen molar-refractivity contribution in [1.29, 1.82) is 0 Å². The molecule has 1 aromatic carbocycles. The number of hydrogen-bond donors (Lipinski definition) is 2. The monoisotopic (exact) mass is 290 g/mol. The van der Waals surface area contributed by atoms with E-state index in [-0.39, 0.29) is 18.6 Å². The molecule has 4 nitrogen and oxygen atoms in total. The van der Waals surface area contributed by atoms with Crippen LogP contribution < -0.4 is 5.32 Å². The molecule has 2 rings (SSSR count). The number of amides is 1. The molecule has 20 heavy (non-hydrogen) atoms. The second kappa shape index (κ2) is 6.63. The summed E-state index contributed by atoms with van der Waals surface area (Å²) in [6.45, 7) is 3.75. The minimum Gasteiger partial charge on any atom is -0.396 e. The molecule has 5 heteroatoms. The fourth-order valence-electron chi connectivity index (χ4n) is 2.10. The zero-order chi connectivity index (χ0) is 14.5. The first-order valence-corrected chi connectivity index (χ1v) is 7.34. The Morgan fingerprint density at radius 1 is 1.35 bits per heavy atom. The zero-order valence-electron chi connectivity index (χ0n) is 11.6. The van der Waals surface area contributed by atoms with Crippen molar-refractivity contribution in [2.24, 2.45) is 0 Å². The first-order chi connectivity index (χ1) is 9.61. The van der Waals surface area contributed by atoms with E-state index in [1.165, 1.54) is 11.3 Å². The quantitative estimate of drug-likeness (QED) is 0.890. The number of thiazole rings is 1. The number of nitrogens with one attached hydrogen (secondary N) is 1. The van der Waals surface area contributed by atoms with Crippen LogP contribution in [-0.4, -0.2) is 22.6 Å². The number of aryl methyl sites for hydroxylation is 2. The van der Waals surface area contributed by atoms with Crippen LogP contribution in [0, 0.1) is 13.8 Å². The summed E-state index contributed by atoms with van der Waals surface area (Å²) in [5.74, 6) is -0.129. The van der Waals surface area contributed by atoms with Gasteiger partial charge in [-0.25, -0.2) is 4.98 Å². The van der Waals surface area contributed by atoms with Gasteiger partial charge in [0.1, 0.15) is 4.88 Å². The second-order valence-electron chi connectivity index (χ2n) is 4.60. The van der Waals surface area contributed by atoms with Gasteiger partial charge in [0.2, 0.25) is 0 Å². The third kappa shape index (κ3) is 3.43. The second-order valence-corrected chi connectivity index (χ2v) is 5.80. The highest BCUT2D eigenvalue weighted by atomic mass is 32.1. The molecule has 0 aliphatic heterocycles. The molecule has 1 aromatic heterocycles. The first kappa shape index (κ1) is 14.7. The van der Waals surface area contributed by atoms with Gasteiger partial charge in [0, 0.05) is 6.61 Å². The van der Waals surface area contributed by atoms with Gasteiger partial charge in [-0.15, -0.1) is 11.3 Å². The lowest BCUT2D eigenvalue weighted by Crippen LogP contribution is -2.29. The molecule has 0 saturated heterocycles. The molecule has 2 aromatic rings. The number of benzene rings is 1. The van der Waals surface area contributed by atoms with Crippen molar-refractivity contribution in [1.82, 2.24) is 10.3 Å². The van der Waals surface area contributed by atoms with Crippen LogP contribution >= 0.6 is 11.3 Å². The van der Waals surface area contributed by atoms with Crippen molar-refractivity contribution >= 4 is 17.2 Å². The maximum Gasteiger partial charge on any atom is 0.263 e. The van der Waals surface area contributed by atoms with Crippen LogP contribution in [0.15, 0.2) is 30.3 Å². The highest BCUT2D eigenvalue weighted by Gasteiger charge is 2.18. The van der Waals surface area contributed by atoms with Crippen molar-refractivity contribution < 1.29 is 9.90 Å². The Balaban J connectivity index is 2.16. The Hall–Kier alpha value is -1.72. The molecular weight excluding hydrogens is 272 g/mol. The van der Waals surface area contributed by atoms with Gasteiger partial charge in [-0.05, 0) is 25.8 Å². The van der Waals surface area contributed by atoms with E-state index < -0.39 is 0 Å². The molecule has 0 saturated carbocycles. The van der Waals surface area contributed by atoms with E-state index in [1.54, 1.807) is 0 Å². The topological polar surface area (TPSA) is 62.2 Å². The Kier molecular flexibility index (Phi) is 4.87. The number of hydrogen-bond acceptors (Lipinski definition) is 4. The largest absolute Gasteiger partial charge is 0.396 e. The summed E-state index contributed by atoms with van der Waals surface area (Å²) in [6, 6.07) is 9.49. The lowest BCUT2D eigenvalue weighted by Gasteiger charge is -2.18. The van der Waals surface area contributed by atoms with E-state index in [9.17, 15) is 9.90 Å². The van der Waals surface area contributed by atoms with E-state index in [0.717, 1.165) is 16.3 Å². The molecule has 0 fully saturated rings. The molecule has 0 aliphatic carbocycles. The van der Waals surface area contributed by atoms with Gasteiger partial charge < -0.3 is 10.4 Å². The number of carbonyl (C=O) groups is 1. The van der Waals surface area contributed by atoms with Gasteiger partial charge >= 0.3 is 0 Å². The van der Waals surface area contributed by atoms with Crippen LogP contribution in [0.5, 0.6) is 0 Å². The molecule has 106 valence electrons. The van der Waals surface area contributed by atoms with Crippen LogP contribution in [0.3, 0.4) is 0 Å². The zero-order valence-corrected chi connectivity index (χ0v) is 12.4. The molecule has 2 N–H and O–H groups in total. The number of nitrogens with zero attached hydrogens (tertiary/aromatic N) is 1. The molecule has 1 unspecified atom stereocenters. The van der Waals surface area contributed by atoms with Crippen LogP contribution in [0.2, 0.25) is 0 Å². The summed E-state index contributed by atoms with van der Waals surface area (Å²) in [5, 5.41) is 13.0. The van der Waals surface area contributed by atoms with Crippen molar-refractivity contribution in [2.75, 3.05) is 6.61 Å². The van der Waals surface area contributed by atoms with E-state index in [4.69, 9.17) is 0 Å². The molecule has 1 heterocycles. The third-order valence-corrected chi connectivity index (χ3v) is 4.11. The first-order valence-electron chi connectivity index (χ1n) is 6.52. The fourth-order valence-corrected chi connectivity index (χ4v) is 2.93. The SMILES string of the molecule is Cc1nc(C)c(C(=O)NC(CCO)c2ccccc2)s1.